The van der Waals surface area contributed by atoms with Crippen LogP contribution in [0.4, 0.5) is 16.0 Å². The standard InChI is InChI=1S/C21H21FN4O/c1-15-6-2-3-8-17(15)14-21(27)24-20-11-10-19(25-26-20)23-13-12-16-7-4-5-9-18(16)22/h2-11H,12-14H2,1H3,(H,23,25)(H,24,26,27). The Hall–Kier alpha value is -3.28. The van der Waals surface area contributed by atoms with E-state index in [1.165, 1.54) is 6.07 Å². The summed E-state index contributed by atoms with van der Waals surface area (Å²) in [6.07, 6.45) is 0.834. The first-order valence-corrected chi connectivity index (χ1v) is 8.77. The number of hydrogen-bond acceptors (Lipinski definition) is 4. The van der Waals surface area contributed by atoms with Crippen molar-refractivity contribution in [1.29, 1.82) is 0 Å². The van der Waals surface area contributed by atoms with Gasteiger partial charge >= 0.3 is 0 Å². The number of amides is 1. The Kier molecular flexibility index (Phi) is 6.10. The van der Waals surface area contributed by atoms with Crippen LogP contribution < -0.4 is 10.6 Å². The summed E-state index contributed by atoms with van der Waals surface area (Å²) in [7, 11) is 0. The van der Waals surface area contributed by atoms with E-state index >= 15 is 0 Å². The number of hydrogen-bond donors (Lipinski definition) is 2. The minimum absolute atomic E-state index is 0.140. The van der Waals surface area contributed by atoms with Gasteiger partial charge < -0.3 is 10.6 Å². The van der Waals surface area contributed by atoms with Gasteiger partial charge in [-0.15, -0.1) is 10.2 Å². The minimum Gasteiger partial charge on any atom is -0.368 e. The van der Waals surface area contributed by atoms with Crippen LogP contribution in [0.25, 0.3) is 0 Å². The highest BCUT2D eigenvalue weighted by molar-refractivity contribution is 5.91. The first-order valence-electron chi connectivity index (χ1n) is 8.77. The largest absolute Gasteiger partial charge is 0.368 e. The number of aryl methyl sites for hydroxylation is 1. The zero-order chi connectivity index (χ0) is 19.1. The fourth-order valence-electron chi connectivity index (χ4n) is 2.69. The summed E-state index contributed by atoms with van der Waals surface area (Å²) < 4.78 is 13.6. The number of carbonyl (C=O) groups is 1. The van der Waals surface area contributed by atoms with Gasteiger partial charge in [0, 0.05) is 6.54 Å². The molecule has 1 aromatic heterocycles. The van der Waals surface area contributed by atoms with Crippen molar-refractivity contribution in [3.05, 3.63) is 83.2 Å². The van der Waals surface area contributed by atoms with Crippen LogP contribution in [-0.4, -0.2) is 22.6 Å². The van der Waals surface area contributed by atoms with E-state index in [1.54, 1.807) is 24.3 Å². The van der Waals surface area contributed by atoms with Crippen LogP contribution in [0.3, 0.4) is 0 Å². The molecule has 3 aromatic rings. The number of nitrogens with zero attached hydrogens (tertiary/aromatic N) is 2. The molecule has 0 fully saturated rings. The Morgan fingerprint density at radius 3 is 2.30 bits per heavy atom. The van der Waals surface area contributed by atoms with Crippen molar-refractivity contribution >= 4 is 17.5 Å². The zero-order valence-corrected chi connectivity index (χ0v) is 15.1. The molecule has 2 aromatic carbocycles. The van der Waals surface area contributed by atoms with Gasteiger partial charge in [-0.1, -0.05) is 42.5 Å². The number of aromatic nitrogens is 2. The summed E-state index contributed by atoms with van der Waals surface area (Å²) in [4.78, 5) is 12.1. The number of anilines is 2. The summed E-state index contributed by atoms with van der Waals surface area (Å²) in [5, 5.41) is 13.9. The normalized spacial score (nSPS) is 10.4. The summed E-state index contributed by atoms with van der Waals surface area (Å²) >= 11 is 0. The Bertz CT molecular complexity index is 912. The first kappa shape index (κ1) is 18.5. The molecule has 0 saturated heterocycles. The Balaban J connectivity index is 1.49. The van der Waals surface area contributed by atoms with E-state index in [4.69, 9.17) is 0 Å². The van der Waals surface area contributed by atoms with Gasteiger partial charge in [0.05, 0.1) is 6.42 Å². The molecule has 2 N–H and O–H groups in total. The maximum Gasteiger partial charge on any atom is 0.230 e. The molecule has 0 atom stereocenters. The van der Waals surface area contributed by atoms with E-state index in [2.05, 4.69) is 20.8 Å². The predicted molar refractivity (Wildman–Crippen MR) is 104 cm³/mol. The third kappa shape index (κ3) is 5.34. The molecule has 1 amide bonds. The SMILES string of the molecule is Cc1ccccc1CC(=O)Nc1ccc(NCCc2ccccc2F)nn1. The second-order valence-electron chi connectivity index (χ2n) is 6.22. The lowest BCUT2D eigenvalue weighted by atomic mass is 10.1. The van der Waals surface area contributed by atoms with E-state index in [1.807, 2.05) is 37.3 Å². The van der Waals surface area contributed by atoms with Crippen molar-refractivity contribution < 1.29 is 9.18 Å². The van der Waals surface area contributed by atoms with E-state index in [0.717, 1.165) is 11.1 Å². The molecular weight excluding hydrogens is 343 g/mol. The van der Waals surface area contributed by atoms with Crippen LogP contribution in [0.1, 0.15) is 16.7 Å². The Labute approximate surface area is 157 Å². The average Bonchev–Trinajstić information content (AvgIpc) is 2.66. The number of nitrogens with one attached hydrogen (secondary N) is 2. The van der Waals surface area contributed by atoms with Gasteiger partial charge in [-0.25, -0.2) is 4.39 Å². The zero-order valence-electron chi connectivity index (χ0n) is 15.1. The third-order valence-electron chi connectivity index (χ3n) is 4.20. The molecular formula is C21H21FN4O. The fourth-order valence-corrected chi connectivity index (χ4v) is 2.69. The summed E-state index contributed by atoms with van der Waals surface area (Å²) in [6, 6.07) is 17.9. The predicted octanol–water partition coefficient (Wildman–Crippen LogP) is 3.76. The number of halogens is 1. The van der Waals surface area contributed by atoms with Crippen LogP contribution in [0.5, 0.6) is 0 Å². The van der Waals surface area contributed by atoms with Gasteiger partial charge in [-0.3, -0.25) is 4.79 Å². The van der Waals surface area contributed by atoms with E-state index < -0.39 is 0 Å². The Morgan fingerprint density at radius 2 is 1.59 bits per heavy atom. The van der Waals surface area contributed by atoms with Gasteiger partial charge in [-0.2, -0.15) is 0 Å². The highest BCUT2D eigenvalue weighted by atomic mass is 19.1. The van der Waals surface area contributed by atoms with Crippen molar-refractivity contribution in [2.45, 2.75) is 19.8 Å². The van der Waals surface area contributed by atoms with Crippen molar-refractivity contribution in [2.24, 2.45) is 0 Å². The van der Waals surface area contributed by atoms with Crippen LogP contribution >= 0.6 is 0 Å². The molecule has 6 heteroatoms. The van der Waals surface area contributed by atoms with Gasteiger partial charge in [0.15, 0.2) is 5.82 Å². The van der Waals surface area contributed by atoms with Gasteiger partial charge in [-0.05, 0) is 48.2 Å². The molecule has 0 aliphatic rings. The fraction of sp³-hybridized carbons (Fsp3) is 0.190. The first-order chi connectivity index (χ1) is 13.1. The Morgan fingerprint density at radius 1 is 0.926 bits per heavy atom. The molecule has 0 spiro atoms. The monoisotopic (exact) mass is 364 g/mol. The van der Waals surface area contributed by atoms with E-state index in [9.17, 15) is 9.18 Å². The van der Waals surface area contributed by atoms with Crippen LogP contribution in [0, 0.1) is 12.7 Å². The topological polar surface area (TPSA) is 66.9 Å². The second-order valence-corrected chi connectivity index (χ2v) is 6.22. The highest BCUT2D eigenvalue weighted by Gasteiger charge is 2.07. The molecule has 0 aliphatic heterocycles. The molecule has 5 nitrogen and oxygen atoms in total. The number of benzene rings is 2. The third-order valence-corrected chi connectivity index (χ3v) is 4.20. The molecule has 27 heavy (non-hydrogen) atoms. The van der Waals surface area contributed by atoms with Crippen LogP contribution in [0.15, 0.2) is 60.7 Å². The lowest BCUT2D eigenvalue weighted by molar-refractivity contribution is -0.115. The van der Waals surface area contributed by atoms with Crippen molar-refractivity contribution in [3.8, 4) is 0 Å². The van der Waals surface area contributed by atoms with E-state index in [-0.39, 0.29) is 18.1 Å². The quantitative estimate of drug-likeness (QED) is 0.670. The van der Waals surface area contributed by atoms with Crippen LogP contribution in [0.2, 0.25) is 0 Å². The molecule has 0 saturated carbocycles. The summed E-state index contributed by atoms with van der Waals surface area (Å²) in [6.45, 7) is 2.51. The average molecular weight is 364 g/mol. The molecule has 0 aliphatic carbocycles. The number of rotatable bonds is 7. The molecule has 138 valence electrons. The maximum absolute atomic E-state index is 13.6. The molecule has 0 unspecified atom stereocenters. The maximum atomic E-state index is 13.6. The number of carbonyl (C=O) groups excluding carboxylic acids is 1. The summed E-state index contributed by atoms with van der Waals surface area (Å²) in [5.74, 6) is 0.618. The van der Waals surface area contributed by atoms with Crippen LogP contribution in [-0.2, 0) is 17.6 Å². The van der Waals surface area contributed by atoms with Gasteiger partial charge in [0.25, 0.3) is 0 Å². The molecule has 3 rings (SSSR count). The van der Waals surface area contributed by atoms with Crippen molar-refractivity contribution in [3.63, 3.8) is 0 Å². The van der Waals surface area contributed by atoms with Crippen molar-refractivity contribution in [1.82, 2.24) is 10.2 Å². The molecule has 0 bridgehead atoms. The molecule has 1 heterocycles. The van der Waals surface area contributed by atoms with Crippen molar-refractivity contribution in [2.75, 3.05) is 17.2 Å². The van der Waals surface area contributed by atoms with Gasteiger partial charge in [0.1, 0.15) is 11.6 Å². The minimum atomic E-state index is -0.211. The lowest BCUT2D eigenvalue weighted by Crippen LogP contribution is -2.16. The van der Waals surface area contributed by atoms with Gasteiger partial charge in [0.2, 0.25) is 5.91 Å². The molecule has 0 radical (unpaired) electrons. The van der Waals surface area contributed by atoms with E-state index in [0.29, 0.717) is 30.2 Å². The smallest absolute Gasteiger partial charge is 0.230 e. The second kappa shape index (κ2) is 8.89. The lowest BCUT2D eigenvalue weighted by Gasteiger charge is -2.08. The highest BCUT2D eigenvalue weighted by Crippen LogP contribution is 2.11. The summed E-state index contributed by atoms with van der Waals surface area (Å²) in [5.41, 5.74) is 2.71.